The predicted molar refractivity (Wildman–Crippen MR) is 160 cm³/mol. The molecule has 1 aliphatic heterocycles. The van der Waals surface area contributed by atoms with Crippen LogP contribution in [0.2, 0.25) is 0 Å². The summed E-state index contributed by atoms with van der Waals surface area (Å²) in [5.41, 5.74) is 2.37. The molecule has 0 amide bonds. The monoisotopic (exact) mass is 587 g/mol. The van der Waals surface area contributed by atoms with Gasteiger partial charge in [0.15, 0.2) is 0 Å². The van der Waals surface area contributed by atoms with E-state index in [9.17, 15) is 13.2 Å². The lowest BCUT2D eigenvalue weighted by molar-refractivity contribution is -0.140. The zero-order valence-corrected chi connectivity index (χ0v) is 24.2. The molecular formula is C31H40F3N5O3. The Morgan fingerprint density at radius 3 is 2.60 bits per heavy atom. The number of aromatic nitrogens is 1. The summed E-state index contributed by atoms with van der Waals surface area (Å²) in [4.78, 5) is 2.11. The first-order valence-corrected chi connectivity index (χ1v) is 14.2. The lowest BCUT2D eigenvalue weighted by Gasteiger charge is -2.23. The molecule has 42 heavy (non-hydrogen) atoms. The Balaban J connectivity index is 1.61. The lowest BCUT2D eigenvalue weighted by atomic mass is 10.1. The smallest absolute Gasteiger partial charge is 0.406 e. The summed E-state index contributed by atoms with van der Waals surface area (Å²) in [6.07, 6.45) is -3.55. The van der Waals surface area contributed by atoms with Crippen molar-refractivity contribution in [2.24, 2.45) is 0 Å². The van der Waals surface area contributed by atoms with Crippen LogP contribution in [0.3, 0.4) is 0 Å². The topological polar surface area (TPSA) is 72.0 Å². The van der Waals surface area contributed by atoms with Gasteiger partial charge in [-0.25, -0.2) is 0 Å². The molecule has 11 heteroatoms. The largest absolute Gasteiger partial charge is 0.491 e. The van der Waals surface area contributed by atoms with Crippen LogP contribution in [0, 0.1) is 11.8 Å². The summed E-state index contributed by atoms with van der Waals surface area (Å²) in [7, 11) is 4.04. The highest BCUT2D eigenvalue weighted by Crippen LogP contribution is 2.30. The zero-order chi connectivity index (χ0) is 29.8. The number of nitrogens with zero attached hydrogens (tertiary/aromatic N) is 2. The van der Waals surface area contributed by atoms with Gasteiger partial charge in [0.05, 0.1) is 44.2 Å². The number of benzene rings is 2. The molecule has 8 nitrogen and oxygen atoms in total. The van der Waals surface area contributed by atoms with Gasteiger partial charge in [0.2, 0.25) is 0 Å². The van der Waals surface area contributed by atoms with E-state index in [1.54, 1.807) is 18.2 Å². The van der Waals surface area contributed by atoms with Crippen molar-refractivity contribution >= 4 is 22.3 Å². The third kappa shape index (κ3) is 10.1. The van der Waals surface area contributed by atoms with Crippen molar-refractivity contribution in [1.82, 2.24) is 14.8 Å². The number of rotatable bonds is 4. The molecular weight excluding hydrogens is 547 g/mol. The molecule has 2 aromatic carbocycles. The van der Waals surface area contributed by atoms with Gasteiger partial charge in [-0.1, -0.05) is 18.1 Å². The second-order valence-electron chi connectivity index (χ2n) is 10.4. The van der Waals surface area contributed by atoms with E-state index in [-0.39, 0.29) is 12.6 Å². The SMILES string of the molecule is CN(C)CCC1CNCCOCCOCCOc2cccc(c2)NCC#Cc2cc3c(cccc3n2CC(F)(F)F)N1. The molecule has 0 spiro atoms. The average Bonchev–Trinajstić information content (AvgIpc) is 3.28. The zero-order valence-electron chi connectivity index (χ0n) is 24.2. The maximum absolute atomic E-state index is 13.6. The van der Waals surface area contributed by atoms with Crippen LogP contribution in [-0.4, -0.2) is 95.0 Å². The molecule has 4 rings (SSSR count). The number of hydrogen-bond acceptors (Lipinski definition) is 7. The molecule has 3 aromatic rings. The van der Waals surface area contributed by atoms with Gasteiger partial charge in [-0.3, -0.25) is 0 Å². The molecule has 1 aromatic heterocycles. The Hall–Kier alpha value is -3.43. The van der Waals surface area contributed by atoms with Crippen LogP contribution in [0.5, 0.6) is 5.75 Å². The first kappa shape index (κ1) is 31.5. The molecule has 0 radical (unpaired) electrons. The highest BCUT2D eigenvalue weighted by molar-refractivity contribution is 5.94. The molecule has 3 N–H and O–H groups in total. The van der Waals surface area contributed by atoms with E-state index in [0.717, 1.165) is 24.3 Å². The van der Waals surface area contributed by atoms with E-state index < -0.39 is 12.7 Å². The standard InChI is InChI=1S/C31H40F3N5O3/c1-38(2)14-11-25-22-35-13-15-40-16-17-41-18-19-42-27-8-3-6-24(20-27)36-12-5-7-26-21-28-29(37-25)9-4-10-30(28)39(26)23-31(32,33)34/h3-4,6,8-10,20-21,25,35-37H,11-19,22-23H2,1-2H3. The number of halogens is 3. The molecule has 4 bridgehead atoms. The van der Waals surface area contributed by atoms with E-state index in [0.29, 0.717) is 68.5 Å². The molecule has 0 aliphatic carbocycles. The molecule has 228 valence electrons. The van der Waals surface area contributed by atoms with E-state index in [1.807, 2.05) is 44.4 Å². The van der Waals surface area contributed by atoms with Crippen molar-refractivity contribution in [1.29, 1.82) is 0 Å². The predicted octanol–water partition coefficient (Wildman–Crippen LogP) is 4.41. The van der Waals surface area contributed by atoms with Gasteiger partial charge in [-0.05, 0) is 63.3 Å². The molecule has 1 unspecified atom stereocenters. The summed E-state index contributed by atoms with van der Waals surface area (Å²) >= 11 is 0. The fraction of sp³-hybridized carbons (Fsp3) is 0.484. The molecule has 2 heterocycles. The van der Waals surface area contributed by atoms with Gasteiger partial charge in [0.1, 0.15) is 18.9 Å². The van der Waals surface area contributed by atoms with Gasteiger partial charge in [-0.15, -0.1) is 0 Å². The van der Waals surface area contributed by atoms with Crippen LogP contribution in [0.15, 0.2) is 48.5 Å². The van der Waals surface area contributed by atoms with Gasteiger partial charge in [-0.2, -0.15) is 13.2 Å². The van der Waals surface area contributed by atoms with E-state index in [4.69, 9.17) is 14.2 Å². The maximum atomic E-state index is 13.6. The van der Waals surface area contributed by atoms with E-state index >= 15 is 0 Å². The Morgan fingerprint density at radius 2 is 1.79 bits per heavy atom. The minimum absolute atomic E-state index is 0.0485. The normalized spacial score (nSPS) is 17.9. The fourth-order valence-electron chi connectivity index (χ4n) is 4.66. The number of fused-ring (bicyclic) bond motifs is 3. The molecule has 1 atom stereocenters. The van der Waals surface area contributed by atoms with Crippen LogP contribution in [0.25, 0.3) is 10.9 Å². The maximum Gasteiger partial charge on any atom is 0.406 e. The van der Waals surface area contributed by atoms with Crippen LogP contribution < -0.4 is 20.7 Å². The van der Waals surface area contributed by atoms with Crippen molar-refractivity contribution in [2.45, 2.75) is 25.2 Å². The Morgan fingerprint density at radius 1 is 1.00 bits per heavy atom. The van der Waals surface area contributed by atoms with Crippen molar-refractivity contribution in [3.63, 3.8) is 0 Å². The van der Waals surface area contributed by atoms with Crippen LogP contribution in [-0.2, 0) is 16.0 Å². The molecule has 0 saturated heterocycles. The minimum Gasteiger partial charge on any atom is -0.491 e. The number of anilines is 2. The van der Waals surface area contributed by atoms with Crippen LogP contribution >= 0.6 is 0 Å². The third-order valence-electron chi connectivity index (χ3n) is 6.68. The lowest BCUT2D eigenvalue weighted by Crippen LogP contribution is -2.36. The highest BCUT2D eigenvalue weighted by Gasteiger charge is 2.30. The van der Waals surface area contributed by atoms with Crippen molar-refractivity contribution < 1.29 is 27.4 Å². The summed E-state index contributed by atoms with van der Waals surface area (Å²) in [6, 6.07) is 14.6. The van der Waals surface area contributed by atoms with Crippen LogP contribution in [0.1, 0.15) is 12.1 Å². The molecule has 0 fully saturated rings. The fourth-order valence-corrected chi connectivity index (χ4v) is 4.66. The van der Waals surface area contributed by atoms with Gasteiger partial charge < -0.3 is 39.6 Å². The van der Waals surface area contributed by atoms with Gasteiger partial charge in [0.25, 0.3) is 0 Å². The summed E-state index contributed by atoms with van der Waals surface area (Å²) in [6.45, 7) is 3.68. The molecule has 1 aliphatic rings. The summed E-state index contributed by atoms with van der Waals surface area (Å²) in [5, 5.41) is 10.9. The summed E-state index contributed by atoms with van der Waals surface area (Å²) in [5.74, 6) is 6.64. The Kier molecular flexibility index (Phi) is 11.8. The van der Waals surface area contributed by atoms with E-state index in [1.165, 1.54) is 4.57 Å². The first-order valence-electron chi connectivity index (χ1n) is 14.2. The number of alkyl halides is 3. The molecule has 0 saturated carbocycles. The highest BCUT2D eigenvalue weighted by atomic mass is 19.4. The second-order valence-corrected chi connectivity index (χ2v) is 10.4. The first-order chi connectivity index (χ1) is 20.3. The number of nitrogens with one attached hydrogen (secondary N) is 3. The van der Waals surface area contributed by atoms with Crippen molar-refractivity contribution in [3.8, 4) is 17.6 Å². The minimum atomic E-state index is -4.39. The van der Waals surface area contributed by atoms with Gasteiger partial charge >= 0.3 is 6.18 Å². The van der Waals surface area contributed by atoms with E-state index in [2.05, 4.69) is 32.7 Å². The summed E-state index contributed by atoms with van der Waals surface area (Å²) < 4.78 is 59.2. The second kappa shape index (κ2) is 15.7. The Bertz CT molecular complexity index is 1330. The van der Waals surface area contributed by atoms with Gasteiger partial charge in [0, 0.05) is 42.0 Å². The Labute approximate surface area is 245 Å². The quantitative estimate of drug-likeness (QED) is 0.391. The third-order valence-corrected chi connectivity index (χ3v) is 6.68. The number of ether oxygens (including phenoxy) is 3. The van der Waals surface area contributed by atoms with Crippen LogP contribution in [0.4, 0.5) is 24.5 Å². The van der Waals surface area contributed by atoms with Crippen molar-refractivity contribution in [2.75, 3.05) is 83.9 Å². The average molecular weight is 588 g/mol. The van der Waals surface area contributed by atoms with Crippen molar-refractivity contribution in [3.05, 3.63) is 54.2 Å². The number of hydrogen-bond donors (Lipinski definition) is 3.